The summed E-state index contributed by atoms with van der Waals surface area (Å²) in [7, 11) is 1.68. The van der Waals surface area contributed by atoms with E-state index in [1.807, 2.05) is 29.2 Å². The largest absolute Gasteiger partial charge is 0.497 e. The molecule has 0 saturated carbocycles. The second-order valence-corrected chi connectivity index (χ2v) is 7.76. The lowest BCUT2D eigenvalue weighted by Gasteiger charge is -2.15. The summed E-state index contributed by atoms with van der Waals surface area (Å²) in [5.74, 6) is 0.861. The highest BCUT2D eigenvalue weighted by atomic mass is 32.1. The van der Waals surface area contributed by atoms with Crippen molar-refractivity contribution in [2.45, 2.75) is 26.3 Å². The van der Waals surface area contributed by atoms with E-state index in [0.29, 0.717) is 6.54 Å². The number of hydrogen-bond acceptors (Lipinski definition) is 5. The minimum atomic E-state index is 0.688. The van der Waals surface area contributed by atoms with Crippen molar-refractivity contribution in [1.29, 1.82) is 0 Å². The Kier molecular flexibility index (Phi) is 3.53. The third-order valence-corrected chi connectivity index (χ3v) is 5.93. The summed E-state index contributed by atoms with van der Waals surface area (Å²) in [6.45, 7) is 2.77. The first kappa shape index (κ1) is 15.5. The molecule has 0 N–H and O–H groups in total. The molecule has 0 unspecified atom stereocenters. The standard InChI is InChI=1S/C20H18N4OS/c1-12-23-17-8-5-14-9-21-20-16(18(14)19(17)26-12)10-22-24(20)11-13-3-6-15(25-2)7-4-13/h3-4,6-7,9-10H,5,8,11H2,1-2H3. The zero-order valence-electron chi connectivity index (χ0n) is 14.7. The van der Waals surface area contributed by atoms with Gasteiger partial charge in [0.15, 0.2) is 5.65 Å². The van der Waals surface area contributed by atoms with Gasteiger partial charge in [-0.3, -0.25) is 0 Å². The molecule has 130 valence electrons. The van der Waals surface area contributed by atoms with Crippen LogP contribution in [-0.2, 0) is 19.4 Å². The van der Waals surface area contributed by atoms with Gasteiger partial charge in [-0.1, -0.05) is 12.1 Å². The topological polar surface area (TPSA) is 52.8 Å². The summed E-state index contributed by atoms with van der Waals surface area (Å²) in [6.07, 6.45) is 5.97. The van der Waals surface area contributed by atoms with E-state index in [-0.39, 0.29) is 0 Å². The smallest absolute Gasteiger partial charge is 0.158 e. The Morgan fingerprint density at radius 1 is 1.15 bits per heavy atom. The molecule has 3 aromatic heterocycles. The molecule has 0 fully saturated rings. The lowest BCUT2D eigenvalue weighted by Crippen LogP contribution is -2.06. The van der Waals surface area contributed by atoms with Gasteiger partial charge in [0, 0.05) is 17.1 Å². The van der Waals surface area contributed by atoms with Crippen molar-refractivity contribution >= 4 is 22.4 Å². The minimum absolute atomic E-state index is 0.688. The van der Waals surface area contributed by atoms with Crippen molar-refractivity contribution in [3.8, 4) is 16.2 Å². The van der Waals surface area contributed by atoms with Crippen LogP contribution in [0.15, 0.2) is 36.7 Å². The maximum absolute atomic E-state index is 5.23. The van der Waals surface area contributed by atoms with Gasteiger partial charge >= 0.3 is 0 Å². The Bertz CT molecular complexity index is 1110. The van der Waals surface area contributed by atoms with Crippen LogP contribution in [0.25, 0.3) is 21.5 Å². The zero-order chi connectivity index (χ0) is 17.7. The van der Waals surface area contributed by atoms with Crippen LogP contribution in [0, 0.1) is 6.92 Å². The van der Waals surface area contributed by atoms with E-state index >= 15 is 0 Å². The average Bonchev–Trinajstić information content (AvgIpc) is 3.24. The molecule has 5 nitrogen and oxygen atoms in total. The molecule has 0 saturated heterocycles. The van der Waals surface area contributed by atoms with E-state index in [2.05, 4.69) is 24.2 Å². The number of thiazole rings is 1. The van der Waals surface area contributed by atoms with Gasteiger partial charge in [0.25, 0.3) is 0 Å². The second kappa shape index (κ2) is 5.92. The summed E-state index contributed by atoms with van der Waals surface area (Å²) in [4.78, 5) is 10.7. The first-order valence-electron chi connectivity index (χ1n) is 8.66. The highest BCUT2D eigenvalue weighted by Gasteiger charge is 2.24. The maximum atomic E-state index is 5.23. The molecular formula is C20H18N4OS. The molecule has 26 heavy (non-hydrogen) atoms. The molecule has 1 aliphatic rings. The van der Waals surface area contributed by atoms with Gasteiger partial charge in [-0.05, 0) is 43.0 Å². The molecule has 6 heteroatoms. The number of rotatable bonds is 3. The van der Waals surface area contributed by atoms with Crippen molar-refractivity contribution in [1.82, 2.24) is 19.7 Å². The fraction of sp³-hybridized carbons (Fsp3) is 0.250. The summed E-state index contributed by atoms with van der Waals surface area (Å²) in [6, 6.07) is 8.08. The Hall–Kier alpha value is -2.73. The lowest BCUT2D eigenvalue weighted by atomic mass is 9.94. The van der Waals surface area contributed by atoms with Crippen molar-refractivity contribution in [2.75, 3.05) is 7.11 Å². The zero-order valence-corrected chi connectivity index (χ0v) is 15.5. The molecule has 0 atom stereocenters. The van der Waals surface area contributed by atoms with Crippen molar-refractivity contribution in [3.05, 3.63) is 58.5 Å². The first-order chi connectivity index (χ1) is 12.7. The molecule has 0 aliphatic heterocycles. The van der Waals surface area contributed by atoms with Crippen LogP contribution in [0.4, 0.5) is 0 Å². The lowest BCUT2D eigenvalue weighted by molar-refractivity contribution is 0.414. The molecule has 1 aliphatic carbocycles. The number of aromatic nitrogens is 4. The SMILES string of the molecule is COc1ccc(Cn2ncc3c4c(cnc32)CCc2nc(C)sc2-4)cc1. The van der Waals surface area contributed by atoms with Crippen LogP contribution in [0.1, 0.15) is 21.8 Å². The molecule has 0 amide bonds. The van der Waals surface area contributed by atoms with Crippen molar-refractivity contribution < 1.29 is 4.74 Å². The van der Waals surface area contributed by atoms with Crippen LogP contribution in [0.3, 0.4) is 0 Å². The molecule has 0 radical (unpaired) electrons. The third-order valence-electron chi connectivity index (χ3n) is 4.90. The van der Waals surface area contributed by atoms with Crippen molar-refractivity contribution in [3.63, 3.8) is 0 Å². The number of benzene rings is 1. The summed E-state index contributed by atoms with van der Waals surface area (Å²) in [5, 5.41) is 6.88. The van der Waals surface area contributed by atoms with Crippen LogP contribution >= 0.6 is 11.3 Å². The number of hydrogen-bond donors (Lipinski definition) is 0. The van der Waals surface area contributed by atoms with E-state index in [0.717, 1.165) is 34.6 Å². The van der Waals surface area contributed by atoms with Gasteiger partial charge in [-0.15, -0.1) is 11.3 Å². The van der Waals surface area contributed by atoms with Gasteiger partial charge in [0.2, 0.25) is 0 Å². The van der Waals surface area contributed by atoms with E-state index < -0.39 is 0 Å². The Morgan fingerprint density at radius 3 is 2.81 bits per heavy atom. The molecule has 0 bridgehead atoms. The van der Waals surface area contributed by atoms with Gasteiger partial charge in [-0.2, -0.15) is 5.10 Å². The van der Waals surface area contributed by atoms with Crippen LogP contribution in [0.5, 0.6) is 5.75 Å². The third kappa shape index (κ3) is 2.41. The predicted octanol–water partition coefficient (Wildman–Crippen LogP) is 4.02. The van der Waals surface area contributed by atoms with Gasteiger partial charge < -0.3 is 4.74 Å². The molecule has 0 spiro atoms. The number of aryl methyl sites for hydroxylation is 3. The quantitative estimate of drug-likeness (QED) is 0.552. The Morgan fingerprint density at radius 2 is 2.00 bits per heavy atom. The van der Waals surface area contributed by atoms with Gasteiger partial charge in [0.05, 0.1) is 35.4 Å². The highest BCUT2D eigenvalue weighted by molar-refractivity contribution is 7.15. The number of methoxy groups -OCH3 is 1. The maximum Gasteiger partial charge on any atom is 0.158 e. The van der Waals surface area contributed by atoms with Crippen molar-refractivity contribution in [2.24, 2.45) is 0 Å². The summed E-state index contributed by atoms with van der Waals surface area (Å²) >= 11 is 1.78. The van der Waals surface area contributed by atoms with E-state index in [9.17, 15) is 0 Å². The fourth-order valence-corrected chi connectivity index (χ4v) is 4.69. The van der Waals surface area contributed by atoms with E-state index in [1.54, 1.807) is 18.4 Å². The molecular weight excluding hydrogens is 344 g/mol. The molecule has 4 aromatic rings. The minimum Gasteiger partial charge on any atom is -0.497 e. The number of fused-ring (bicyclic) bond motifs is 5. The highest BCUT2D eigenvalue weighted by Crippen LogP contribution is 2.41. The number of nitrogens with zero attached hydrogens (tertiary/aromatic N) is 4. The monoisotopic (exact) mass is 362 g/mol. The van der Waals surface area contributed by atoms with E-state index in [4.69, 9.17) is 14.7 Å². The average molecular weight is 362 g/mol. The van der Waals surface area contributed by atoms with Crippen LogP contribution < -0.4 is 4.74 Å². The second-order valence-electron chi connectivity index (χ2n) is 6.55. The summed E-state index contributed by atoms with van der Waals surface area (Å²) in [5.41, 5.74) is 5.90. The van der Waals surface area contributed by atoms with E-state index in [1.165, 1.54) is 27.3 Å². The Labute approximate surface area is 155 Å². The summed E-state index contributed by atoms with van der Waals surface area (Å²) < 4.78 is 7.20. The van der Waals surface area contributed by atoms with Crippen LogP contribution in [-0.4, -0.2) is 26.9 Å². The van der Waals surface area contributed by atoms with Gasteiger partial charge in [0.1, 0.15) is 5.75 Å². The molecule has 1 aromatic carbocycles. The normalized spacial score (nSPS) is 12.8. The predicted molar refractivity (Wildman–Crippen MR) is 103 cm³/mol. The number of pyridine rings is 1. The number of ether oxygens (including phenoxy) is 1. The van der Waals surface area contributed by atoms with Gasteiger partial charge in [-0.25, -0.2) is 14.6 Å². The first-order valence-corrected chi connectivity index (χ1v) is 9.47. The van der Waals surface area contributed by atoms with Crippen LogP contribution in [0.2, 0.25) is 0 Å². The molecule has 3 heterocycles. The Balaban J connectivity index is 1.60. The fourth-order valence-electron chi connectivity index (χ4n) is 3.63. The molecule has 5 rings (SSSR count).